The zero-order valence-corrected chi connectivity index (χ0v) is 11.6. The van der Waals surface area contributed by atoms with Crippen LogP contribution >= 0.6 is 0 Å². The Kier molecular flexibility index (Phi) is 6.35. The van der Waals surface area contributed by atoms with Gasteiger partial charge in [-0.3, -0.25) is 5.10 Å². The largest absolute Gasteiger partial charge is 1.00 e. The quantitative estimate of drug-likeness (QED) is 0.426. The molecule has 0 radical (unpaired) electrons. The zero-order valence-electron chi connectivity index (χ0n) is 8.53. The van der Waals surface area contributed by atoms with Gasteiger partial charge in [0.15, 0.2) is 0 Å². The van der Waals surface area contributed by atoms with Crippen LogP contribution in [0.3, 0.4) is 0 Å². The van der Waals surface area contributed by atoms with Gasteiger partial charge in [0.05, 0.1) is 6.29 Å². The van der Waals surface area contributed by atoms with Crippen molar-refractivity contribution in [2.45, 2.75) is 25.2 Å². The maximum Gasteiger partial charge on any atom is 1.00 e. The molecule has 1 heterocycles. The summed E-state index contributed by atoms with van der Waals surface area (Å²) in [6.07, 6.45) is 7.18. The van der Waals surface area contributed by atoms with Crippen LogP contribution < -0.4 is 51.4 Å². The fraction of sp³-hybridized carbons (Fsp3) is 0.556. The van der Waals surface area contributed by atoms with Crippen LogP contribution in [0.5, 0.6) is 0 Å². The smallest absolute Gasteiger partial charge is 0.870 e. The van der Waals surface area contributed by atoms with E-state index in [1.54, 1.807) is 10.9 Å². The Morgan fingerprint density at radius 2 is 2.21 bits per heavy atom. The van der Waals surface area contributed by atoms with Crippen molar-refractivity contribution in [1.29, 1.82) is 0 Å². The van der Waals surface area contributed by atoms with Crippen LogP contribution in [0.15, 0.2) is 6.20 Å². The van der Waals surface area contributed by atoms with Crippen molar-refractivity contribution >= 4 is 6.29 Å². The summed E-state index contributed by atoms with van der Waals surface area (Å²) in [5.41, 5.74) is 1.71. The molecule has 1 aliphatic carbocycles. The third kappa shape index (κ3) is 2.53. The number of nitrogens with zero attached hydrogens (tertiary/aromatic N) is 2. The molecule has 0 aliphatic heterocycles. The van der Waals surface area contributed by atoms with Crippen LogP contribution in [0.2, 0.25) is 0 Å². The number of rotatable bonds is 2. The maximum atomic E-state index is 10.5. The standard InChI is InChI=1S/C9H11N2O.K.H2O/c1-11-9(7-3-2-4-7)8(6-12)5-10-11;;/h5,7H,2-4H2,1H3;;1H2/q-1;+1;/p-1. The first-order valence-electron chi connectivity index (χ1n) is 4.23. The summed E-state index contributed by atoms with van der Waals surface area (Å²) >= 11 is 0. The molecule has 0 unspecified atom stereocenters. The number of aromatic nitrogens is 2. The molecular weight excluding hydrogens is 207 g/mol. The van der Waals surface area contributed by atoms with Crippen molar-refractivity contribution in [3.63, 3.8) is 0 Å². The molecular formula is C9H12KN2O2-. The molecule has 2 rings (SSSR count). The van der Waals surface area contributed by atoms with Gasteiger partial charge in [-0.2, -0.15) is 0 Å². The van der Waals surface area contributed by atoms with Crippen molar-refractivity contribution in [3.05, 3.63) is 17.5 Å². The Hall–Kier alpha value is 0.476. The van der Waals surface area contributed by atoms with E-state index in [-0.39, 0.29) is 56.9 Å². The average Bonchev–Trinajstić information content (AvgIpc) is 2.30. The minimum absolute atomic E-state index is 0. The van der Waals surface area contributed by atoms with Gasteiger partial charge in [-0.05, 0) is 5.92 Å². The summed E-state index contributed by atoms with van der Waals surface area (Å²) in [5, 5.41) is 4.04. The SMILES string of the molecule is Cn1ncc([C-]=O)c1C1CCC1.[K+].[OH-]. The fourth-order valence-corrected chi connectivity index (χ4v) is 1.69. The van der Waals surface area contributed by atoms with Crippen LogP contribution in [-0.4, -0.2) is 21.5 Å². The Labute approximate surface area is 126 Å². The molecule has 0 saturated heterocycles. The van der Waals surface area contributed by atoms with E-state index < -0.39 is 0 Å². The third-order valence-electron chi connectivity index (χ3n) is 2.59. The molecule has 72 valence electrons. The van der Waals surface area contributed by atoms with Gasteiger partial charge in [-0.1, -0.05) is 31.2 Å². The molecule has 1 aromatic heterocycles. The first-order chi connectivity index (χ1) is 5.83. The minimum atomic E-state index is 0. The monoisotopic (exact) mass is 219 g/mol. The fourth-order valence-electron chi connectivity index (χ4n) is 1.69. The third-order valence-corrected chi connectivity index (χ3v) is 2.59. The molecule has 4 nitrogen and oxygen atoms in total. The molecule has 0 aromatic carbocycles. The van der Waals surface area contributed by atoms with Gasteiger partial charge in [0.25, 0.3) is 0 Å². The predicted octanol–water partition coefficient (Wildman–Crippen LogP) is -2.03. The summed E-state index contributed by atoms with van der Waals surface area (Å²) in [6.45, 7) is 0. The van der Waals surface area contributed by atoms with E-state index in [1.165, 1.54) is 19.3 Å². The molecule has 0 atom stereocenters. The zero-order chi connectivity index (χ0) is 8.55. The van der Waals surface area contributed by atoms with Crippen LogP contribution in [-0.2, 0) is 11.8 Å². The van der Waals surface area contributed by atoms with E-state index >= 15 is 0 Å². The minimum Gasteiger partial charge on any atom is -0.870 e. The van der Waals surface area contributed by atoms with E-state index in [2.05, 4.69) is 5.10 Å². The molecule has 1 aliphatic rings. The summed E-state index contributed by atoms with van der Waals surface area (Å²) in [6, 6.07) is 0. The molecule has 0 bridgehead atoms. The molecule has 0 spiro atoms. The van der Waals surface area contributed by atoms with Crippen LogP contribution in [0.25, 0.3) is 0 Å². The predicted molar refractivity (Wildman–Crippen MR) is 46.5 cm³/mol. The van der Waals surface area contributed by atoms with Gasteiger partial charge in [0.1, 0.15) is 0 Å². The first kappa shape index (κ1) is 14.5. The second kappa shape index (κ2) is 6.14. The molecule has 1 fully saturated rings. The van der Waals surface area contributed by atoms with Crippen molar-refractivity contribution in [3.8, 4) is 0 Å². The van der Waals surface area contributed by atoms with Gasteiger partial charge in [-0.25, -0.2) is 0 Å². The summed E-state index contributed by atoms with van der Waals surface area (Å²) in [5.74, 6) is 0.550. The van der Waals surface area contributed by atoms with Gasteiger partial charge >= 0.3 is 51.4 Å². The van der Waals surface area contributed by atoms with Gasteiger partial charge in [0.2, 0.25) is 0 Å². The maximum absolute atomic E-state index is 10.5. The van der Waals surface area contributed by atoms with Crippen molar-refractivity contribution in [2.24, 2.45) is 7.05 Å². The van der Waals surface area contributed by atoms with Crippen molar-refractivity contribution < 1.29 is 61.7 Å². The van der Waals surface area contributed by atoms with Crippen LogP contribution in [0.4, 0.5) is 0 Å². The second-order valence-corrected chi connectivity index (χ2v) is 3.30. The van der Waals surface area contributed by atoms with E-state index in [0.29, 0.717) is 11.5 Å². The molecule has 1 aromatic rings. The molecule has 0 amide bonds. The van der Waals surface area contributed by atoms with E-state index in [9.17, 15) is 4.79 Å². The summed E-state index contributed by atoms with van der Waals surface area (Å²) in [7, 11) is 1.88. The van der Waals surface area contributed by atoms with Crippen molar-refractivity contribution in [1.82, 2.24) is 9.78 Å². The molecule has 1 N–H and O–H groups in total. The second-order valence-electron chi connectivity index (χ2n) is 3.30. The Morgan fingerprint density at radius 3 is 2.64 bits per heavy atom. The number of carbonyl (C=O) groups excluding carboxylic acids is 1. The van der Waals surface area contributed by atoms with Crippen LogP contribution in [0.1, 0.15) is 36.4 Å². The Balaban J connectivity index is 0.000000845. The average molecular weight is 219 g/mol. The molecule has 5 heteroatoms. The number of aryl methyl sites for hydroxylation is 1. The normalized spacial score (nSPS) is 14.9. The molecule has 14 heavy (non-hydrogen) atoms. The first-order valence-corrected chi connectivity index (χ1v) is 4.23. The number of hydrogen-bond donors (Lipinski definition) is 0. The van der Waals surface area contributed by atoms with Gasteiger partial charge in [0, 0.05) is 7.05 Å². The van der Waals surface area contributed by atoms with Gasteiger partial charge < -0.3 is 15.0 Å². The van der Waals surface area contributed by atoms with E-state index in [1.807, 2.05) is 13.3 Å². The van der Waals surface area contributed by atoms with E-state index in [4.69, 9.17) is 0 Å². The topological polar surface area (TPSA) is 64.9 Å². The Morgan fingerprint density at radius 1 is 1.57 bits per heavy atom. The van der Waals surface area contributed by atoms with Crippen LogP contribution in [0, 0.1) is 0 Å². The summed E-state index contributed by atoms with van der Waals surface area (Å²) < 4.78 is 1.80. The van der Waals surface area contributed by atoms with E-state index in [0.717, 1.165) is 5.69 Å². The molecule has 1 saturated carbocycles. The van der Waals surface area contributed by atoms with Crippen molar-refractivity contribution in [2.75, 3.05) is 0 Å². The number of hydrogen-bond acceptors (Lipinski definition) is 3. The van der Waals surface area contributed by atoms with Gasteiger partial charge in [-0.15, -0.1) is 5.56 Å². The Bertz CT molecular complexity index is 308. The summed E-state index contributed by atoms with van der Waals surface area (Å²) in [4.78, 5) is 10.5.